The Labute approximate surface area is 251 Å². The van der Waals surface area contributed by atoms with Crippen molar-refractivity contribution in [1.29, 1.82) is 0 Å². The predicted molar refractivity (Wildman–Crippen MR) is 161 cm³/mol. The lowest BCUT2D eigenvalue weighted by Crippen LogP contribution is -2.27. The number of hydrogen-bond donors (Lipinski definition) is 2. The van der Waals surface area contributed by atoms with Gasteiger partial charge in [0, 0.05) is 56.8 Å². The van der Waals surface area contributed by atoms with Gasteiger partial charge in [-0.3, -0.25) is 0 Å². The zero-order valence-corrected chi connectivity index (χ0v) is 24.4. The molecule has 0 fully saturated rings. The molecule has 0 unspecified atom stereocenters. The minimum absolute atomic E-state index is 0.112. The average molecular weight is 583 g/mol. The zero-order valence-electron chi connectivity index (χ0n) is 24.4. The Morgan fingerprint density at radius 1 is 0.791 bits per heavy atom. The van der Waals surface area contributed by atoms with E-state index in [9.17, 15) is 9.59 Å². The van der Waals surface area contributed by atoms with Crippen molar-refractivity contribution in [3.8, 4) is 0 Å². The molecule has 43 heavy (non-hydrogen) atoms. The summed E-state index contributed by atoms with van der Waals surface area (Å²) in [5, 5.41) is 5.77. The van der Waals surface area contributed by atoms with Gasteiger partial charge >= 0.3 is 12.2 Å². The number of carbonyl (C=O) groups is 2. The minimum atomic E-state index is -0.416. The van der Waals surface area contributed by atoms with E-state index in [1.807, 2.05) is 30.6 Å². The number of imidazole rings is 2. The fraction of sp³-hybridized carbons (Fsp3) is 0.394. The third-order valence-electron chi connectivity index (χ3n) is 8.27. The van der Waals surface area contributed by atoms with Crippen LogP contribution in [0.5, 0.6) is 0 Å². The van der Waals surface area contributed by atoms with Gasteiger partial charge in [0.1, 0.15) is 5.82 Å². The molecule has 2 amide bonds. The molecule has 4 heterocycles. The molecule has 224 valence electrons. The molecule has 0 radical (unpaired) electrons. The molecule has 10 nitrogen and oxygen atoms in total. The average Bonchev–Trinajstić information content (AvgIpc) is 3.80. The zero-order chi connectivity index (χ0) is 29.6. The maximum atomic E-state index is 12.6. The van der Waals surface area contributed by atoms with Crippen molar-refractivity contribution in [1.82, 2.24) is 29.7 Å². The molecule has 2 N–H and O–H groups in total. The van der Waals surface area contributed by atoms with Crippen LogP contribution in [0.1, 0.15) is 85.2 Å². The molecule has 0 spiro atoms. The first-order chi connectivity index (χ1) is 21.0. The highest BCUT2D eigenvalue weighted by Crippen LogP contribution is 2.39. The van der Waals surface area contributed by atoms with E-state index in [-0.39, 0.29) is 24.3 Å². The SMILES string of the molecule is C[C@H]1C[C@H](OC(=O)NCCCc2cccc(CCCNC(=O)O[C@H]3C[C@H](c4ccccc4)n4ccnc43)c2)c2nccn21. The summed E-state index contributed by atoms with van der Waals surface area (Å²) in [6, 6.07) is 19.1. The van der Waals surface area contributed by atoms with Crippen molar-refractivity contribution in [3.05, 3.63) is 108 Å². The van der Waals surface area contributed by atoms with Gasteiger partial charge in [-0.05, 0) is 49.3 Å². The fourth-order valence-corrected chi connectivity index (χ4v) is 6.16. The largest absolute Gasteiger partial charge is 0.438 e. The first-order valence-corrected chi connectivity index (χ1v) is 15.1. The van der Waals surface area contributed by atoms with Crippen LogP contribution >= 0.6 is 0 Å². The molecular weight excluding hydrogens is 544 g/mol. The Morgan fingerprint density at radius 2 is 1.37 bits per heavy atom. The van der Waals surface area contributed by atoms with E-state index < -0.39 is 12.2 Å². The first-order valence-electron chi connectivity index (χ1n) is 15.1. The number of alkyl carbamates (subject to hydrolysis) is 2. The van der Waals surface area contributed by atoms with Crippen LogP contribution in [-0.4, -0.2) is 44.4 Å². The topological polar surface area (TPSA) is 112 Å². The van der Waals surface area contributed by atoms with Crippen LogP contribution in [0, 0.1) is 0 Å². The fourth-order valence-electron chi connectivity index (χ4n) is 6.16. The first kappa shape index (κ1) is 28.5. The second-order valence-electron chi connectivity index (χ2n) is 11.3. The van der Waals surface area contributed by atoms with E-state index in [1.54, 1.807) is 12.4 Å². The van der Waals surface area contributed by atoms with Gasteiger partial charge in [-0.15, -0.1) is 0 Å². The van der Waals surface area contributed by atoms with E-state index in [2.05, 4.69) is 73.1 Å². The van der Waals surface area contributed by atoms with Gasteiger partial charge in [-0.25, -0.2) is 19.6 Å². The van der Waals surface area contributed by atoms with Crippen LogP contribution in [0.3, 0.4) is 0 Å². The number of carbonyl (C=O) groups excluding carboxylic acids is 2. The van der Waals surface area contributed by atoms with Gasteiger partial charge in [0.05, 0.1) is 6.04 Å². The van der Waals surface area contributed by atoms with Crippen molar-refractivity contribution in [2.45, 2.75) is 69.7 Å². The molecule has 2 aromatic heterocycles. The van der Waals surface area contributed by atoms with Crippen LogP contribution in [0.25, 0.3) is 0 Å². The normalized spacial score (nSPS) is 20.3. The Balaban J connectivity index is 0.879. The second kappa shape index (κ2) is 13.1. The van der Waals surface area contributed by atoms with Gasteiger partial charge in [0.15, 0.2) is 18.0 Å². The highest BCUT2D eigenvalue weighted by molar-refractivity contribution is 5.67. The van der Waals surface area contributed by atoms with Gasteiger partial charge < -0.3 is 29.2 Å². The monoisotopic (exact) mass is 582 g/mol. The summed E-state index contributed by atoms with van der Waals surface area (Å²) in [4.78, 5) is 33.6. The molecule has 0 aliphatic carbocycles. The molecule has 4 atom stereocenters. The van der Waals surface area contributed by atoms with E-state index in [4.69, 9.17) is 9.47 Å². The van der Waals surface area contributed by atoms with Crippen molar-refractivity contribution in [2.75, 3.05) is 13.1 Å². The van der Waals surface area contributed by atoms with E-state index >= 15 is 0 Å². The number of nitrogens with one attached hydrogen (secondary N) is 2. The molecule has 2 aromatic carbocycles. The molecule has 0 bridgehead atoms. The Morgan fingerprint density at radius 3 is 2.02 bits per heavy atom. The predicted octanol–water partition coefficient (Wildman–Crippen LogP) is 5.84. The maximum absolute atomic E-state index is 12.6. The molecule has 10 heteroatoms. The Kier molecular flexibility index (Phi) is 8.72. The number of amides is 2. The number of benzene rings is 2. The summed E-state index contributed by atoms with van der Waals surface area (Å²) in [6.45, 7) is 3.16. The van der Waals surface area contributed by atoms with Crippen LogP contribution < -0.4 is 10.6 Å². The number of aryl methyl sites for hydroxylation is 2. The van der Waals surface area contributed by atoms with Crippen LogP contribution in [0.2, 0.25) is 0 Å². The third-order valence-corrected chi connectivity index (χ3v) is 8.27. The van der Waals surface area contributed by atoms with Gasteiger partial charge in [0.25, 0.3) is 0 Å². The lowest BCUT2D eigenvalue weighted by atomic mass is 10.0. The molecule has 6 rings (SSSR count). The summed E-state index contributed by atoms with van der Waals surface area (Å²) >= 11 is 0. The van der Waals surface area contributed by atoms with Gasteiger partial charge in [0.2, 0.25) is 0 Å². The lowest BCUT2D eigenvalue weighted by molar-refractivity contribution is 0.0936. The number of rotatable bonds is 11. The number of ether oxygens (including phenoxy) is 2. The smallest absolute Gasteiger partial charge is 0.407 e. The lowest BCUT2D eigenvalue weighted by Gasteiger charge is -2.14. The Hall–Kier alpha value is -4.60. The maximum Gasteiger partial charge on any atom is 0.407 e. The molecule has 2 aliphatic heterocycles. The molecule has 0 saturated carbocycles. The van der Waals surface area contributed by atoms with E-state index in [0.29, 0.717) is 19.5 Å². The number of nitrogens with zero attached hydrogens (tertiary/aromatic N) is 4. The number of fused-ring (bicyclic) bond motifs is 2. The van der Waals surface area contributed by atoms with E-state index in [1.165, 1.54) is 16.7 Å². The minimum Gasteiger partial charge on any atom is -0.438 e. The second-order valence-corrected chi connectivity index (χ2v) is 11.3. The molecule has 0 saturated heterocycles. The van der Waals surface area contributed by atoms with Gasteiger partial charge in [-0.1, -0.05) is 54.6 Å². The third kappa shape index (κ3) is 6.74. The quantitative estimate of drug-likeness (QED) is 0.215. The standard InChI is InChI=1S/C33H38N6O4/c1-23-20-28(30-34-16-18-38(23)30)42-32(40)36-14-6-10-24-8-5-9-25(21-24)11-7-15-37-33(41)43-29-22-27(26-12-3-2-4-13-26)39-19-17-35-31(29)39/h2-5,8-9,12-13,16-19,21,23,27-29H,6-7,10-11,14-15,20,22H2,1H3,(H,36,40)(H,37,41)/t23-,27+,28-,29-/m0/s1. The van der Waals surface area contributed by atoms with E-state index in [0.717, 1.165) is 43.8 Å². The molecular formula is C33H38N6O4. The van der Waals surface area contributed by atoms with Crippen molar-refractivity contribution >= 4 is 12.2 Å². The summed E-state index contributed by atoms with van der Waals surface area (Å²) in [5.41, 5.74) is 3.61. The summed E-state index contributed by atoms with van der Waals surface area (Å²) in [7, 11) is 0. The Bertz CT molecular complexity index is 1530. The number of aromatic nitrogens is 4. The van der Waals surface area contributed by atoms with Crippen molar-refractivity contribution in [2.24, 2.45) is 0 Å². The molecule has 2 aliphatic rings. The highest BCUT2D eigenvalue weighted by atomic mass is 16.6. The highest BCUT2D eigenvalue weighted by Gasteiger charge is 2.35. The summed E-state index contributed by atoms with van der Waals surface area (Å²) < 4.78 is 15.5. The van der Waals surface area contributed by atoms with Crippen LogP contribution in [0.4, 0.5) is 9.59 Å². The number of hydrogen-bond acceptors (Lipinski definition) is 6. The van der Waals surface area contributed by atoms with Crippen molar-refractivity contribution in [3.63, 3.8) is 0 Å². The summed E-state index contributed by atoms with van der Waals surface area (Å²) in [5.74, 6) is 1.59. The van der Waals surface area contributed by atoms with Crippen LogP contribution in [-0.2, 0) is 22.3 Å². The summed E-state index contributed by atoms with van der Waals surface area (Å²) in [6.07, 6.45) is 10.6. The van der Waals surface area contributed by atoms with Crippen LogP contribution in [0.15, 0.2) is 79.4 Å². The van der Waals surface area contributed by atoms with Crippen molar-refractivity contribution < 1.29 is 19.1 Å². The van der Waals surface area contributed by atoms with Gasteiger partial charge in [-0.2, -0.15) is 0 Å². The molecule has 4 aromatic rings.